The van der Waals surface area contributed by atoms with Crippen LogP contribution in [0.3, 0.4) is 0 Å². The molecule has 0 N–H and O–H groups in total. The highest BCUT2D eigenvalue weighted by Crippen LogP contribution is 2.16. The van der Waals surface area contributed by atoms with Gasteiger partial charge in [0.15, 0.2) is 0 Å². The summed E-state index contributed by atoms with van der Waals surface area (Å²) in [6, 6.07) is 8.03. The lowest BCUT2D eigenvalue weighted by atomic mass is 10.1. The van der Waals surface area contributed by atoms with Crippen LogP contribution in [0.25, 0.3) is 11.1 Å². The minimum atomic E-state index is 1.04. The lowest BCUT2D eigenvalue weighted by Crippen LogP contribution is -1.82. The van der Waals surface area contributed by atoms with Crippen molar-refractivity contribution in [1.29, 1.82) is 0 Å². The zero-order valence-corrected chi connectivity index (χ0v) is 9.44. The molecule has 78 valence electrons. The van der Waals surface area contributed by atoms with Crippen LogP contribution >= 0.6 is 0 Å². The number of hydrogen-bond acceptors (Lipinski definition) is 2. The van der Waals surface area contributed by atoms with E-state index in [1.807, 2.05) is 45.2 Å². The van der Waals surface area contributed by atoms with Crippen LogP contribution in [0.5, 0.6) is 0 Å². The average Bonchev–Trinajstić information content (AvgIpc) is 2.34. The fraction of sp³-hybridized carbons (Fsp3) is 0.231. The quantitative estimate of drug-likeness (QED) is 0.704. The second kappa shape index (κ2) is 5.91. The number of rotatable bonds is 1. The zero-order chi connectivity index (χ0) is 11.1. The molecular weight excluding hydrogens is 184 g/mol. The smallest absolute Gasteiger partial charge is 0.0373 e. The molecule has 2 nitrogen and oxygen atoms in total. The highest BCUT2D eigenvalue weighted by molar-refractivity contribution is 5.61. The molecule has 2 heterocycles. The van der Waals surface area contributed by atoms with Crippen molar-refractivity contribution >= 4 is 0 Å². The summed E-state index contributed by atoms with van der Waals surface area (Å²) in [6.07, 6.45) is 5.45. The first-order chi connectivity index (χ1) is 7.36. The molecule has 2 rings (SSSR count). The Kier molecular flexibility index (Phi) is 4.48. The predicted molar refractivity (Wildman–Crippen MR) is 63.6 cm³/mol. The summed E-state index contributed by atoms with van der Waals surface area (Å²) in [5.41, 5.74) is 3.33. The van der Waals surface area contributed by atoms with Crippen LogP contribution in [0.15, 0.2) is 42.9 Å². The van der Waals surface area contributed by atoms with Gasteiger partial charge >= 0.3 is 0 Å². The maximum atomic E-state index is 4.24. The van der Waals surface area contributed by atoms with Crippen LogP contribution in [0.4, 0.5) is 0 Å². The molecule has 0 spiro atoms. The molecule has 0 bridgehead atoms. The SMILES string of the molecule is CC.Cc1ccc(-c2ccncc2)cn1. The van der Waals surface area contributed by atoms with Crippen LogP contribution in [0, 0.1) is 6.92 Å². The minimum Gasteiger partial charge on any atom is -0.265 e. The van der Waals surface area contributed by atoms with E-state index in [1.54, 1.807) is 12.4 Å². The lowest BCUT2D eigenvalue weighted by molar-refractivity contribution is 1.20. The Labute approximate surface area is 91.0 Å². The van der Waals surface area contributed by atoms with Gasteiger partial charge in [0, 0.05) is 29.8 Å². The molecule has 0 aliphatic heterocycles. The van der Waals surface area contributed by atoms with Gasteiger partial charge in [-0.25, -0.2) is 0 Å². The summed E-state index contributed by atoms with van der Waals surface area (Å²) in [5.74, 6) is 0. The van der Waals surface area contributed by atoms with Gasteiger partial charge in [-0.3, -0.25) is 9.97 Å². The van der Waals surface area contributed by atoms with Crippen molar-refractivity contribution in [2.24, 2.45) is 0 Å². The van der Waals surface area contributed by atoms with Gasteiger partial charge in [0.25, 0.3) is 0 Å². The Balaban J connectivity index is 0.000000531. The van der Waals surface area contributed by atoms with Crippen molar-refractivity contribution in [3.63, 3.8) is 0 Å². The second-order valence-electron chi connectivity index (χ2n) is 2.92. The Morgan fingerprint density at radius 2 is 1.53 bits per heavy atom. The maximum absolute atomic E-state index is 4.24. The molecule has 0 fully saturated rings. The van der Waals surface area contributed by atoms with Crippen LogP contribution < -0.4 is 0 Å². The predicted octanol–water partition coefficient (Wildman–Crippen LogP) is 3.48. The normalized spacial score (nSPS) is 9.00. The molecule has 0 unspecified atom stereocenters. The minimum absolute atomic E-state index is 1.04. The molecule has 0 atom stereocenters. The molecule has 0 saturated heterocycles. The summed E-state index contributed by atoms with van der Waals surface area (Å²) in [4.78, 5) is 8.20. The fourth-order valence-electron chi connectivity index (χ4n) is 1.18. The monoisotopic (exact) mass is 200 g/mol. The summed E-state index contributed by atoms with van der Waals surface area (Å²) >= 11 is 0. The van der Waals surface area contributed by atoms with Gasteiger partial charge in [-0.1, -0.05) is 19.9 Å². The molecule has 15 heavy (non-hydrogen) atoms. The van der Waals surface area contributed by atoms with E-state index in [2.05, 4.69) is 16.0 Å². The van der Waals surface area contributed by atoms with Crippen LogP contribution in [0.2, 0.25) is 0 Å². The molecule has 0 saturated carbocycles. The lowest BCUT2D eigenvalue weighted by Gasteiger charge is -1.99. The first-order valence-corrected chi connectivity index (χ1v) is 5.19. The first kappa shape index (κ1) is 11.4. The van der Waals surface area contributed by atoms with E-state index < -0.39 is 0 Å². The molecular formula is C13H16N2. The highest BCUT2D eigenvalue weighted by Gasteiger charge is 1.95. The summed E-state index contributed by atoms with van der Waals surface area (Å²) in [7, 11) is 0. The number of pyridine rings is 2. The van der Waals surface area contributed by atoms with Gasteiger partial charge in [-0.2, -0.15) is 0 Å². The molecule has 2 heteroatoms. The Bertz CT molecular complexity index is 379. The summed E-state index contributed by atoms with van der Waals surface area (Å²) < 4.78 is 0. The van der Waals surface area contributed by atoms with Crippen molar-refractivity contribution in [1.82, 2.24) is 9.97 Å². The van der Waals surface area contributed by atoms with Gasteiger partial charge < -0.3 is 0 Å². The van der Waals surface area contributed by atoms with E-state index in [4.69, 9.17) is 0 Å². The van der Waals surface area contributed by atoms with Crippen LogP contribution in [-0.2, 0) is 0 Å². The molecule has 0 aliphatic rings. The van der Waals surface area contributed by atoms with Gasteiger partial charge in [-0.15, -0.1) is 0 Å². The largest absolute Gasteiger partial charge is 0.265 e. The van der Waals surface area contributed by atoms with E-state index in [1.165, 1.54) is 0 Å². The van der Waals surface area contributed by atoms with Gasteiger partial charge in [0.2, 0.25) is 0 Å². The molecule has 0 aromatic carbocycles. The topological polar surface area (TPSA) is 25.8 Å². The molecule has 0 radical (unpaired) electrons. The van der Waals surface area contributed by atoms with E-state index in [0.29, 0.717) is 0 Å². The Morgan fingerprint density at radius 3 is 2.07 bits per heavy atom. The van der Waals surface area contributed by atoms with Crippen molar-refractivity contribution in [2.45, 2.75) is 20.8 Å². The van der Waals surface area contributed by atoms with E-state index in [0.717, 1.165) is 16.8 Å². The third kappa shape index (κ3) is 3.17. The van der Waals surface area contributed by atoms with Gasteiger partial charge in [0.05, 0.1) is 0 Å². The third-order valence-electron chi connectivity index (χ3n) is 1.93. The number of aryl methyl sites for hydroxylation is 1. The Morgan fingerprint density at radius 1 is 0.867 bits per heavy atom. The highest BCUT2D eigenvalue weighted by atomic mass is 14.7. The molecule has 2 aromatic heterocycles. The second-order valence-corrected chi connectivity index (χ2v) is 2.92. The fourth-order valence-corrected chi connectivity index (χ4v) is 1.18. The van der Waals surface area contributed by atoms with E-state index >= 15 is 0 Å². The first-order valence-electron chi connectivity index (χ1n) is 5.19. The molecule has 0 aliphatic carbocycles. The number of hydrogen-bond donors (Lipinski definition) is 0. The van der Waals surface area contributed by atoms with E-state index in [9.17, 15) is 0 Å². The summed E-state index contributed by atoms with van der Waals surface area (Å²) in [5, 5.41) is 0. The third-order valence-corrected chi connectivity index (χ3v) is 1.93. The van der Waals surface area contributed by atoms with Crippen LogP contribution in [0.1, 0.15) is 19.5 Å². The number of aromatic nitrogens is 2. The zero-order valence-electron chi connectivity index (χ0n) is 9.44. The maximum Gasteiger partial charge on any atom is 0.0373 e. The van der Waals surface area contributed by atoms with Crippen molar-refractivity contribution in [3.8, 4) is 11.1 Å². The number of nitrogens with zero attached hydrogens (tertiary/aromatic N) is 2. The van der Waals surface area contributed by atoms with Crippen LogP contribution in [-0.4, -0.2) is 9.97 Å². The standard InChI is InChI=1S/C11H10N2.C2H6/c1-9-2-3-11(8-13-9)10-4-6-12-7-5-10;1-2/h2-8H,1H3;1-2H3. The average molecular weight is 200 g/mol. The Hall–Kier alpha value is -1.70. The van der Waals surface area contributed by atoms with E-state index in [-0.39, 0.29) is 0 Å². The summed E-state index contributed by atoms with van der Waals surface area (Å²) in [6.45, 7) is 5.98. The van der Waals surface area contributed by atoms with Gasteiger partial charge in [0.1, 0.15) is 0 Å². The molecule has 0 amide bonds. The van der Waals surface area contributed by atoms with Crippen molar-refractivity contribution in [2.75, 3.05) is 0 Å². The molecule has 2 aromatic rings. The van der Waals surface area contributed by atoms with Gasteiger partial charge in [-0.05, 0) is 30.7 Å². The van der Waals surface area contributed by atoms with Crippen molar-refractivity contribution < 1.29 is 0 Å². The van der Waals surface area contributed by atoms with Crippen molar-refractivity contribution in [3.05, 3.63) is 48.5 Å².